The molecule has 0 bridgehead atoms. The lowest BCUT2D eigenvalue weighted by molar-refractivity contribution is -0.140. The molecule has 0 spiro atoms. The molecular weight excluding hydrogens is 550 g/mol. The molecule has 40 heavy (non-hydrogen) atoms. The Morgan fingerprint density at radius 1 is 0.925 bits per heavy atom. The van der Waals surface area contributed by atoms with Gasteiger partial charge in [-0.05, 0) is 55.7 Å². The number of para-hydroxylation sites is 2. The molecule has 0 fully saturated rings. The van der Waals surface area contributed by atoms with Crippen LogP contribution in [0.1, 0.15) is 39.2 Å². The molecule has 1 N–H and O–H groups in total. The maximum Gasteiger partial charge on any atom is 0.264 e. The number of rotatable bonds is 14. The fourth-order valence-corrected chi connectivity index (χ4v) is 5.91. The van der Waals surface area contributed by atoms with Crippen LogP contribution in [0, 0.1) is 0 Å². The summed E-state index contributed by atoms with van der Waals surface area (Å²) in [5.74, 6) is -0.538. The van der Waals surface area contributed by atoms with Gasteiger partial charge in [0.15, 0.2) is 0 Å². The van der Waals surface area contributed by atoms with Crippen molar-refractivity contribution < 1.29 is 22.7 Å². The summed E-state index contributed by atoms with van der Waals surface area (Å²) in [6.45, 7) is 5.79. The molecule has 10 heteroatoms. The van der Waals surface area contributed by atoms with Gasteiger partial charge in [0.25, 0.3) is 10.0 Å². The number of hydrogen-bond donors (Lipinski definition) is 1. The largest absolute Gasteiger partial charge is 0.492 e. The predicted molar refractivity (Wildman–Crippen MR) is 158 cm³/mol. The summed E-state index contributed by atoms with van der Waals surface area (Å²) in [6.07, 6.45) is 1.06. The van der Waals surface area contributed by atoms with E-state index in [0.717, 1.165) is 10.7 Å². The highest BCUT2D eigenvalue weighted by atomic mass is 35.5. The Hall–Kier alpha value is -3.56. The first-order valence-electron chi connectivity index (χ1n) is 13.3. The third-order valence-corrected chi connectivity index (χ3v) is 8.42. The Bertz CT molecular complexity index is 1380. The normalized spacial score (nSPS) is 11.9. The minimum Gasteiger partial charge on any atom is -0.492 e. The molecule has 0 aliphatic heterocycles. The van der Waals surface area contributed by atoms with Crippen LogP contribution < -0.4 is 14.4 Å². The van der Waals surface area contributed by atoms with Crippen LogP contribution in [-0.4, -0.2) is 50.9 Å². The molecule has 2 amide bonds. The van der Waals surface area contributed by atoms with Gasteiger partial charge in [0.1, 0.15) is 18.3 Å². The fraction of sp³-hybridized carbons (Fsp3) is 0.333. The Balaban J connectivity index is 2.10. The van der Waals surface area contributed by atoms with E-state index in [0.29, 0.717) is 35.9 Å². The lowest BCUT2D eigenvalue weighted by atomic mass is 10.1. The van der Waals surface area contributed by atoms with Crippen LogP contribution in [0.3, 0.4) is 0 Å². The van der Waals surface area contributed by atoms with E-state index in [1.807, 2.05) is 13.8 Å². The van der Waals surface area contributed by atoms with E-state index in [9.17, 15) is 18.0 Å². The second kappa shape index (κ2) is 14.7. The second-order valence-electron chi connectivity index (χ2n) is 9.05. The van der Waals surface area contributed by atoms with E-state index < -0.39 is 28.5 Å². The second-order valence-corrected chi connectivity index (χ2v) is 11.3. The van der Waals surface area contributed by atoms with Crippen molar-refractivity contribution in [1.82, 2.24) is 10.2 Å². The van der Waals surface area contributed by atoms with E-state index in [2.05, 4.69) is 5.32 Å². The molecule has 0 aromatic heterocycles. The molecule has 0 saturated carbocycles. The number of ether oxygens (including phenoxy) is 1. The van der Waals surface area contributed by atoms with Crippen LogP contribution >= 0.6 is 11.6 Å². The molecule has 214 valence electrons. The minimum atomic E-state index is -4.19. The van der Waals surface area contributed by atoms with Gasteiger partial charge in [0, 0.05) is 18.1 Å². The topological polar surface area (TPSA) is 96.0 Å². The van der Waals surface area contributed by atoms with Crippen molar-refractivity contribution in [3.05, 3.63) is 89.4 Å². The van der Waals surface area contributed by atoms with Crippen molar-refractivity contribution >= 4 is 39.1 Å². The van der Waals surface area contributed by atoms with Crippen molar-refractivity contribution in [2.24, 2.45) is 0 Å². The molecule has 0 saturated heterocycles. The summed E-state index contributed by atoms with van der Waals surface area (Å²) < 4.78 is 34.7. The van der Waals surface area contributed by atoms with Crippen LogP contribution in [0.25, 0.3) is 0 Å². The number of carbonyl (C=O) groups is 2. The van der Waals surface area contributed by atoms with Crippen LogP contribution in [0.4, 0.5) is 5.69 Å². The highest BCUT2D eigenvalue weighted by Crippen LogP contribution is 2.33. The molecule has 3 aromatic rings. The van der Waals surface area contributed by atoms with Crippen molar-refractivity contribution in [3.8, 4) is 5.75 Å². The number of carbonyl (C=O) groups excluding carboxylic acids is 2. The quantitative estimate of drug-likeness (QED) is 0.278. The Morgan fingerprint density at radius 2 is 1.57 bits per heavy atom. The molecule has 3 rings (SSSR count). The Morgan fingerprint density at radius 3 is 2.23 bits per heavy atom. The average molecular weight is 586 g/mol. The lowest BCUT2D eigenvalue weighted by Gasteiger charge is -2.33. The number of hydrogen-bond acceptors (Lipinski definition) is 5. The van der Waals surface area contributed by atoms with Crippen LogP contribution in [0.15, 0.2) is 83.8 Å². The fourth-order valence-electron chi connectivity index (χ4n) is 4.27. The first-order valence-corrected chi connectivity index (χ1v) is 15.2. The zero-order valence-electron chi connectivity index (χ0n) is 23.0. The van der Waals surface area contributed by atoms with E-state index in [-0.39, 0.29) is 23.0 Å². The first kappa shape index (κ1) is 31.0. The van der Waals surface area contributed by atoms with Crippen LogP contribution in [-0.2, 0) is 26.2 Å². The van der Waals surface area contributed by atoms with Crippen molar-refractivity contribution in [2.75, 3.05) is 24.0 Å². The average Bonchev–Trinajstić information content (AvgIpc) is 2.96. The number of sulfonamides is 1. The number of anilines is 1. The van der Waals surface area contributed by atoms with Gasteiger partial charge in [-0.1, -0.05) is 74.0 Å². The summed E-state index contributed by atoms with van der Waals surface area (Å²) in [5, 5.41) is 3.31. The zero-order valence-corrected chi connectivity index (χ0v) is 24.6. The van der Waals surface area contributed by atoms with Gasteiger partial charge in [-0.25, -0.2) is 8.42 Å². The molecule has 8 nitrogen and oxygen atoms in total. The summed E-state index contributed by atoms with van der Waals surface area (Å²) in [5.41, 5.74) is 0.870. The molecule has 0 aliphatic carbocycles. The van der Waals surface area contributed by atoms with Gasteiger partial charge in [-0.2, -0.15) is 0 Å². The third-order valence-electron chi connectivity index (χ3n) is 6.28. The molecule has 3 aromatic carbocycles. The molecule has 0 radical (unpaired) electrons. The van der Waals surface area contributed by atoms with Crippen molar-refractivity contribution in [3.63, 3.8) is 0 Å². The van der Waals surface area contributed by atoms with Gasteiger partial charge < -0.3 is 15.0 Å². The Labute approximate surface area is 241 Å². The number of benzene rings is 3. The standard InChI is InChI=1S/C30H36ClN3O5S/c1-4-20-32-30(36)26(5-2)33(21-23-14-10-11-17-25(23)31)29(35)22-34(27-18-12-13-19-28(27)39-6-3)40(37,38)24-15-8-7-9-16-24/h7-19,26H,4-6,20-22H2,1-3H3,(H,32,36)/t26-/m0/s1. The first-order chi connectivity index (χ1) is 19.2. The zero-order chi connectivity index (χ0) is 29.1. The maximum absolute atomic E-state index is 14.1. The lowest BCUT2D eigenvalue weighted by Crippen LogP contribution is -2.52. The minimum absolute atomic E-state index is 0.0273. The smallest absolute Gasteiger partial charge is 0.264 e. The Kier molecular flexibility index (Phi) is 11.4. The van der Waals surface area contributed by atoms with Gasteiger partial charge >= 0.3 is 0 Å². The van der Waals surface area contributed by atoms with Gasteiger partial charge in [0.2, 0.25) is 11.8 Å². The number of nitrogens with zero attached hydrogens (tertiary/aromatic N) is 2. The molecule has 1 atom stereocenters. The number of halogens is 1. The van der Waals surface area contributed by atoms with E-state index in [1.54, 1.807) is 73.7 Å². The third kappa shape index (κ3) is 7.55. The summed E-state index contributed by atoms with van der Waals surface area (Å²) >= 11 is 6.43. The van der Waals surface area contributed by atoms with Crippen molar-refractivity contribution in [1.29, 1.82) is 0 Å². The number of amides is 2. The molecular formula is C30H36ClN3O5S. The van der Waals surface area contributed by atoms with Gasteiger partial charge in [-0.3, -0.25) is 13.9 Å². The van der Waals surface area contributed by atoms with E-state index in [1.165, 1.54) is 17.0 Å². The van der Waals surface area contributed by atoms with Crippen LogP contribution in [0.2, 0.25) is 5.02 Å². The molecule has 0 heterocycles. The van der Waals surface area contributed by atoms with Crippen molar-refractivity contribution in [2.45, 2.75) is 51.1 Å². The van der Waals surface area contributed by atoms with Gasteiger partial charge in [-0.15, -0.1) is 0 Å². The van der Waals surface area contributed by atoms with E-state index >= 15 is 0 Å². The van der Waals surface area contributed by atoms with Crippen LogP contribution in [0.5, 0.6) is 5.75 Å². The van der Waals surface area contributed by atoms with Gasteiger partial charge in [0.05, 0.1) is 17.2 Å². The highest BCUT2D eigenvalue weighted by Gasteiger charge is 2.34. The monoisotopic (exact) mass is 585 g/mol. The molecule has 0 aliphatic rings. The SMILES string of the molecule is CCCNC(=O)[C@H](CC)N(Cc1ccccc1Cl)C(=O)CN(c1ccccc1OCC)S(=O)(=O)c1ccccc1. The number of nitrogens with one attached hydrogen (secondary N) is 1. The molecule has 0 unspecified atom stereocenters. The highest BCUT2D eigenvalue weighted by molar-refractivity contribution is 7.92. The summed E-state index contributed by atoms with van der Waals surface area (Å²) in [6, 6.07) is 20.8. The summed E-state index contributed by atoms with van der Waals surface area (Å²) in [4.78, 5) is 28.7. The van der Waals surface area contributed by atoms with E-state index in [4.69, 9.17) is 16.3 Å². The predicted octanol–water partition coefficient (Wildman–Crippen LogP) is 5.27. The summed E-state index contributed by atoms with van der Waals surface area (Å²) in [7, 11) is -4.19. The maximum atomic E-state index is 14.1.